The van der Waals surface area contributed by atoms with Crippen LogP contribution in [0.4, 0.5) is 11.5 Å². The molecule has 2 heterocycles. The van der Waals surface area contributed by atoms with Gasteiger partial charge >= 0.3 is 0 Å². The molecular weight excluding hydrogens is 210 g/mol. The van der Waals surface area contributed by atoms with Gasteiger partial charge in [0.05, 0.1) is 11.6 Å². The van der Waals surface area contributed by atoms with Crippen LogP contribution in [0.5, 0.6) is 0 Å². The van der Waals surface area contributed by atoms with Crippen LogP contribution in [0, 0.1) is 11.3 Å². The van der Waals surface area contributed by atoms with Crippen molar-refractivity contribution in [2.45, 2.75) is 6.42 Å². The molecule has 2 aromatic rings. The first-order valence-electron chi connectivity index (χ1n) is 5.60. The Morgan fingerprint density at radius 2 is 2.12 bits per heavy atom. The summed E-state index contributed by atoms with van der Waals surface area (Å²) in [6, 6.07) is 14.0. The predicted molar refractivity (Wildman–Crippen MR) is 66.1 cm³/mol. The largest absolute Gasteiger partial charge is 0.326 e. The van der Waals surface area contributed by atoms with Gasteiger partial charge in [-0.25, -0.2) is 4.98 Å². The molecule has 17 heavy (non-hydrogen) atoms. The minimum absolute atomic E-state index is 0.652. The molecule has 3 rings (SSSR count). The number of nitriles is 1. The molecule has 1 aromatic carbocycles. The van der Waals surface area contributed by atoms with E-state index in [-0.39, 0.29) is 0 Å². The molecular formula is C14H11N3. The summed E-state index contributed by atoms with van der Waals surface area (Å²) in [7, 11) is 0. The lowest BCUT2D eigenvalue weighted by molar-refractivity contribution is 0.973. The first kappa shape index (κ1) is 9.86. The summed E-state index contributed by atoms with van der Waals surface area (Å²) in [6.45, 7) is 0.932. The van der Waals surface area contributed by atoms with Crippen molar-refractivity contribution in [3.63, 3.8) is 0 Å². The van der Waals surface area contributed by atoms with E-state index in [1.165, 1.54) is 11.3 Å². The number of aromatic nitrogens is 1. The van der Waals surface area contributed by atoms with Gasteiger partial charge in [-0.2, -0.15) is 5.26 Å². The Bertz CT molecular complexity index is 598. The highest BCUT2D eigenvalue weighted by Crippen LogP contribution is 2.33. The predicted octanol–water partition coefficient (Wildman–Crippen LogP) is 2.65. The van der Waals surface area contributed by atoms with Crippen LogP contribution >= 0.6 is 0 Å². The highest BCUT2D eigenvalue weighted by molar-refractivity contribution is 5.68. The lowest BCUT2D eigenvalue weighted by Crippen LogP contribution is -2.14. The monoisotopic (exact) mass is 221 g/mol. The molecule has 1 aliphatic heterocycles. The molecule has 0 amide bonds. The van der Waals surface area contributed by atoms with Gasteiger partial charge in [0, 0.05) is 18.4 Å². The summed E-state index contributed by atoms with van der Waals surface area (Å²) >= 11 is 0. The number of nitrogens with zero attached hydrogens (tertiary/aromatic N) is 3. The average molecular weight is 221 g/mol. The van der Waals surface area contributed by atoms with Gasteiger partial charge in [-0.15, -0.1) is 0 Å². The SMILES string of the molecule is N#Cc1ccnc(N2CCc3ccccc32)c1. The number of hydrogen-bond acceptors (Lipinski definition) is 3. The van der Waals surface area contributed by atoms with Gasteiger partial charge in [0.25, 0.3) is 0 Å². The number of hydrogen-bond donors (Lipinski definition) is 0. The van der Waals surface area contributed by atoms with E-state index in [1.54, 1.807) is 12.3 Å². The van der Waals surface area contributed by atoms with Crippen LogP contribution in [0.2, 0.25) is 0 Å². The number of fused-ring (bicyclic) bond motifs is 1. The van der Waals surface area contributed by atoms with Crippen molar-refractivity contribution >= 4 is 11.5 Å². The zero-order valence-electron chi connectivity index (χ0n) is 9.30. The maximum absolute atomic E-state index is 8.90. The van der Waals surface area contributed by atoms with E-state index in [4.69, 9.17) is 5.26 Å². The smallest absolute Gasteiger partial charge is 0.134 e. The third-order valence-electron chi connectivity index (χ3n) is 3.04. The normalized spacial score (nSPS) is 13.2. The van der Waals surface area contributed by atoms with Crippen molar-refractivity contribution in [1.29, 1.82) is 5.26 Å². The summed E-state index contributed by atoms with van der Waals surface area (Å²) in [6.07, 6.45) is 2.73. The molecule has 0 saturated carbocycles. The van der Waals surface area contributed by atoms with Crippen molar-refractivity contribution in [3.05, 3.63) is 53.7 Å². The first-order chi connectivity index (χ1) is 8.38. The van der Waals surface area contributed by atoms with Crippen LogP contribution in [0.15, 0.2) is 42.6 Å². The third-order valence-corrected chi connectivity index (χ3v) is 3.04. The molecule has 0 bridgehead atoms. The van der Waals surface area contributed by atoms with E-state index < -0.39 is 0 Å². The Morgan fingerprint density at radius 1 is 1.24 bits per heavy atom. The molecule has 3 nitrogen and oxygen atoms in total. The van der Waals surface area contributed by atoms with E-state index in [2.05, 4.69) is 34.2 Å². The van der Waals surface area contributed by atoms with Gasteiger partial charge in [0.2, 0.25) is 0 Å². The van der Waals surface area contributed by atoms with Crippen LogP contribution in [-0.4, -0.2) is 11.5 Å². The minimum Gasteiger partial charge on any atom is -0.326 e. The fourth-order valence-electron chi connectivity index (χ4n) is 2.21. The maximum atomic E-state index is 8.90. The maximum Gasteiger partial charge on any atom is 0.134 e. The van der Waals surface area contributed by atoms with Gasteiger partial charge < -0.3 is 4.90 Å². The summed E-state index contributed by atoms with van der Waals surface area (Å²) in [5.41, 5.74) is 3.20. The van der Waals surface area contributed by atoms with Crippen LogP contribution in [0.1, 0.15) is 11.1 Å². The number of rotatable bonds is 1. The van der Waals surface area contributed by atoms with E-state index in [0.29, 0.717) is 5.56 Å². The molecule has 1 aliphatic rings. The van der Waals surface area contributed by atoms with Crippen LogP contribution < -0.4 is 4.90 Å². The molecule has 0 atom stereocenters. The van der Waals surface area contributed by atoms with Crippen LogP contribution in [-0.2, 0) is 6.42 Å². The molecule has 0 N–H and O–H groups in total. The molecule has 0 fully saturated rings. The van der Waals surface area contributed by atoms with E-state index in [1.807, 2.05) is 12.1 Å². The molecule has 82 valence electrons. The molecule has 3 heteroatoms. The zero-order chi connectivity index (χ0) is 11.7. The van der Waals surface area contributed by atoms with Crippen molar-refractivity contribution in [3.8, 4) is 6.07 Å². The molecule has 0 saturated heterocycles. The molecule has 1 aromatic heterocycles. The molecule has 0 aliphatic carbocycles. The summed E-state index contributed by atoms with van der Waals surface area (Å²) in [5, 5.41) is 8.90. The van der Waals surface area contributed by atoms with Gasteiger partial charge in [-0.1, -0.05) is 18.2 Å². The van der Waals surface area contributed by atoms with Gasteiger partial charge in [0.15, 0.2) is 0 Å². The van der Waals surface area contributed by atoms with Crippen molar-refractivity contribution in [2.75, 3.05) is 11.4 Å². The van der Waals surface area contributed by atoms with Crippen LogP contribution in [0.3, 0.4) is 0 Å². The zero-order valence-corrected chi connectivity index (χ0v) is 9.30. The van der Waals surface area contributed by atoms with Gasteiger partial charge in [-0.3, -0.25) is 0 Å². The van der Waals surface area contributed by atoms with Crippen molar-refractivity contribution in [1.82, 2.24) is 4.98 Å². The lowest BCUT2D eigenvalue weighted by atomic mass is 10.2. The summed E-state index contributed by atoms with van der Waals surface area (Å²) in [4.78, 5) is 6.51. The number of pyridine rings is 1. The highest BCUT2D eigenvalue weighted by Gasteiger charge is 2.20. The highest BCUT2D eigenvalue weighted by atomic mass is 15.2. The Hall–Kier alpha value is -2.34. The quantitative estimate of drug-likeness (QED) is 0.743. The fraction of sp³-hybridized carbons (Fsp3) is 0.143. The minimum atomic E-state index is 0.652. The van der Waals surface area contributed by atoms with Gasteiger partial charge in [0.1, 0.15) is 5.82 Å². The number of para-hydroxylation sites is 1. The molecule has 0 unspecified atom stereocenters. The Morgan fingerprint density at radius 3 is 3.00 bits per heavy atom. The standard InChI is InChI=1S/C14H11N3/c15-10-11-5-7-16-14(9-11)17-8-6-12-3-1-2-4-13(12)17/h1-5,7,9H,6,8H2. The average Bonchev–Trinajstić information content (AvgIpc) is 2.82. The Labute approximate surface area is 99.9 Å². The topological polar surface area (TPSA) is 39.9 Å². The second-order valence-corrected chi connectivity index (χ2v) is 4.04. The first-order valence-corrected chi connectivity index (χ1v) is 5.60. The Balaban J connectivity index is 2.04. The van der Waals surface area contributed by atoms with E-state index >= 15 is 0 Å². The number of anilines is 2. The molecule has 0 radical (unpaired) electrons. The Kier molecular flexibility index (Phi) is 2.27. The lowest BCUT2D eigenvalue weighted by Gasteiger charge is -2.18. The summed E-state index contributed by atoms with van der Waals surface area (Å²) in [5.74, 6) is 0.856. The second-order valence-electron chi connectivity index (χ2n) is 4.04. The van der Waals surface area contributed by atoms with Crippen LogP contribution in [0.25, 0.3) is 0 Å². The van der Waals surface area contributed by atoms with E-state index in [0.717, 1.165) is 18.8 Å². The summed E-state index contributed by atoms with van der Waals surface area (Å²) < 4.78 is 0. The van der Waals surface area contributed by atoms with Crippen molar-refractivity contribution in [2.24, 2.45) is 0 Å². The fourth-order valence-corrected chi connectivity index (χ4v) is 2.21. The molecule has 0 spiro atoms. The second kappa shape index (κ2) is 3.91. The number of benzene rings is 1. The van der Waals surface area contributed by atoms with Crippen molar-refractivity contribution < 1.29 is 0 Å². The third kappa shape index (κ3) is 1.64. The van der Waals surface area contributed by atoms with E-state index in [9.17, 15) is 0 Å². The van der Waals surface area contributed by atoms with Gasteiger partial charge in [-0.05, 0) is 30.2 Å².